The van der Waals surface area contributed by atoms with Crippen LogP contribution in [-0.4, -0.2) is 83.5 Å². The first-order chi connectivity index (χ1) is 12.8. The van der Waals surface area contributed by atoms with Gasteiger partial charge in [-0.2, -0.15) is 5.10 Å². The second kappa shape index (κ2) is 7.61. The van der Waals surface area contributed by atoms with Crippen molar-refractivity contribution in [1.82, 2.24) is 25.1 Å². The highest BCUT2D eigenvalue weighted by atomic mass is 16.5. The van der Waals surface area contributed by atoms with Crippen molar-refractivity contribution in [3.05, 3.63) is 36.5 Å². The fourth-order valence-electron chi connectivity index (χ4n) is 3.20. The van der Waals surface area contributed by atoms with Gasteiger partial charge in [-0.05, 0) is 0 Å². The van der Waals surface area contributed by atoms with Crippen LogP contribution in [0.5, 0.6) is 0 Å². The van der Waals surface area contributed by atoms with Gasteiger partial charge in [-0.3, -0.25) is 9.78 Å². The highest BCUT2D eigenvalue weighted by Crippen LogP contribution is 2.21. The quantitative estimate of drug-likeness (QED) is 0.764. The Morgan fingerprint density at radius 1 is 0.962 bits per heavy atom. The van der Waals surface area contributed by atoms with Gasteiger partial charge in [-0.1, -0.05) is 0 Å². The number of nitrogens with zero attached hydrogens (tertiary/aromatic N) is 7. The van der Waals surface area contributed by atoms with Crippen molar-refractivity contribution >= 4 is 17.4 Å². The third-order valence-electron chi connectivity index (χ3n) is 4.68. The van der Waals surface area contributed by atoms with E-state index in [2.05, 4.69) is 36.0 Å². The number of anilines is 2. The molecule has 26 heavy (non-hydrogen) atoms. The molecule has 9 nitrogen and oxygen atoms in total. The maximum Gasteiger partial charge on any atom is 0.274 e. The molecule has 2 aliphatic heterocycles. The highest BCUT2D eigenvalue weighted by Gasteiger charge is 2.24. The summed E-state index contributed by atoms with van der Waals surface area (Å²) in [5.41, 5.74) is 1.45. The van der Waals surface area contributed by atoms with E-state index in [0.717, 1.165) is 37.8 Å². The summed E-state index contributed by atoms with van der Waals surface area (Å²) >= 11 is 0. The maximum atomic E-state index is 12.5. The highest BCUT2D eigenvalue weighted by molar-refractivity contribution is 5.92. The van der Waals surface area contributed by atoms with Crippen molar-refractivity contribution in [2.75, 3.05) is 62.3 Å². The molecule has 2 saturated heterocycles. The van der Waals surface area contributed by atoms with Gasteiger partial charge in [0.15, 0.2) is 5.82 Å². The molecule has 136 valence electrons. The number of hydrogen-bond donors (Lipinski definition) is 0. The molecular weight excluding hydrogens is 334 g/mol. The Balaban J connectivity index is 1.39. The molecule has 2 aliphatic rings. The average molecular weight is 355 g/mol. The van der Waals surface area contributed by atoms with Gasteiger partial charge >= 0.3 is 0 Å². The molecule has 0 radical (unpaired) electrons. The zero-order valence-corrected chi connectivity index (χ0v) is 14.5. The number of aromatic nitrogens is 4. The molecule has 4 rings (SSSR count). The molecule has 2 aromatic rings. The summed E-state index contributed by atoms with van der Waals surface area (Å²) in [5, 5.41) is 8.44. The molecule has 0 saturated carbocycles. The minimum absolute atomic E-state index is 0.0779. The summed E-state index contributed by atoms with van der Waals surface area (Å²) in [7, 11) is 0. The van der Waals surface area contributed by atoms with E-state index in [4.69, 9.17) is 4.74 Å². The summed E-state index contributed by atoms with van der Waals surface area (Å²) in [6.45, 7) is 5.89. The number of piperazine rings is 1. The van der Waals surface area contributed by atoms with Gasteiger partial charge in [0, 0.05) is 57.7 Å². The van der Waals surface area contributed by atoms with Gasteiger partial charge in [-0.15, -0.1) is 5.10 Å². The molecule has 0 atom stereocenters. The Morgan fingerprint density at radius 3 is 2.50 bits per heavy atom. The summed E-state index contributed by atoms with van der Waals surface area (Å²) in [5.74, 6) is 0.770. The van der Waals surface area contributed by atoms with Crippen LogP contribution in [0, 0.1) is 0 Å². The van der Waals surface area contributed by atoms with E-state index < -0.39 is 0 Å². The number of ether oxygens (including phenoxy) is 1. The van der Waals surface area contributed by atoms with Gasteiger partial charge < -0.3 is 19.4 Å². The van der Waals surface area contributed by atoms with Crippen LogP contribution < -0.4 is 9.80 Å². The lowest BCUT2D eigenvalue weighted by molar-refractivity contribution is 0.0740. The van der Waals surface area contributed by atoms with E-state index >= 15 is 0 Å². The molecular formula is C17H21N7O2. The molecule has 4 heterocycles. The fourth-order valence-corrected chi connectivity index (χ4v) is 3.20. The molecule has 0 spiro atoms. The normalized spacial score (nSPS) is 18.1. The van der Waals surface area contributed by atoms with Crippen LogP contribution in [0.4, 0.5) is 11.5 Å². The molecule has 9 heteroatoms. The molecule has 0 N–H and O–H groups in total. The van der Waals surface area contributed by atoms with E-state index in [0.29, 0.717) is 31.9 Å². The number of carbonyl (C=O) groups excluding carboxylic acids is 1. The third kappa shape index (κ3) is 3.57. The topological polar surface area (TPSA) is 87.6 Å². The van der Waals surface area contributed by atoms with Crippen LogP contribution in [0.3, 0.4) is 0 Å². The number of hydrogen-bond acceptors (Lipinski definition) is 8. The Hall–Kier alpha value is -2.81. The van der Waals surface area contributed by atoms with Crippen LogP contribution >= 0.6 is 0 Å². The van der Waals surface area contributed by atoms with Gasteiger partial charge in [0.05, 0.1) is 31.3 Å². The molecule has 0 aliphatic carbocycles. The predicted molar refractivity (Wildman–Crippen MR) is 95.2 cm³/mol. The lowest BCUT2D eigenvalue weighted by Gasteiger charge is -2.35. The predicted octanol–water partition coefficient (Wildman–Crippen LogP) is 0.0656. The summed E-state index contributed by atoms with van der Waals surface area (Å²) < 4.78 is 5.40. The van der Waals surface area contributed by atoms with Crippen LogP contribution in [0.15, 0.2) is 30.9 Å². The van der Waals surface area contributed by atoms with Crippen LogP contribution in [0.2, 0.25) is 0 Å². The van der Waals surface area contributed by atoms with E-state index in [1.807, 2.05) is 0 Å². The first-order valence-corrected chi connectivity index (χ1v) is 8.77. The van der Waals surface area contributed by atoms with Gasteiger partial charge in [-0.25, -0.2) is 4.98 Å². The SMILES string of the molecule is O=C(c1cnccn1)N1CCN(c2cc(N3CCOCC3)cnn2)CC1. The molecule has 2 aromatic heterocycles. The standard InChI is InChI=1S/C17H21N7O2/c25-17(15-13-18-1-2-19-15)24-5-3-23(4-6-24)16-11-14(12-20-21-16)22-7-9-26-10-8-22/h1-2,11-13H,3-10H2. The number of rotatable bonds is 3. The smallest absolute Gasteiger partial charge is 0.274 e. The van der Waals surface area contributed by atoms with Crippen molar-refractivity contribution in [1.29, 1.82) is 0 Å². The van der Waals surface area contributed by atoms with Gasteiger partial charge in [0.25, 0.3) is 5.91 Å². The number of amides is 1. The van der Waals surface area contributed by atoms with Gasteiger partial charge in [0.1, 0.15) is 5.69 Å². The van der Waals surface area contributed by atoms with Crippen molar-refractivity contribution in [3.8, 4) is 0 Å². The molecule has 0 aromatic carbocycles. The summed E-state index contributed by atoms with van der Waals surface area (Å²) in [4.78, 5) is 26.7. The van der Waals surface area contributed by atoms with E-state index in [1.165, 1.54) is 12.4 Å². The third-order valence-corrected chi connectivity index (χ3v) is 4.68. The van der Waals surface area contributed by atoms with Crippen LogP contribution in [-0.2, 0) is 4.74 Å². The molecule has 0 bridgehead atoms. The van der Waals surface area contributed by atoms with Crippen molar-refractivity contribution < 1.29 is 9.53 Å². The van der Waals surface area contributed by atoms with Crippen molar-refractivity contribution in [3.63, 3.8) is 0 Å². The Kier molecular flexibility index (Phi) is 4.87. The fraction of sp³-hybridized carbons (Fsp3) is 0.471. The molecule has 0 unspecified atom stereocenters. The van der Waals surface area contributed by atoms with E-state index in [-0.39, 0.29) is 5.91 Å². The van der Waals surface area contributed by atoms with Crippen molar-refractivity contribution in [2.45, 2.75) is 0 Å². The van der Waals surface area contributed by atoms with Gasteiger partial charge in [0.2, 0.25) is 0 Å². The van der Waals surface area contributed by atoms with Crippen LogP contribution in [0.25, 0.3) is 0 Å². The lowest BCUT2D eigenvalue weighted by atomic mass is 10.2. The first-order valence-electron chi connectivity index (χ1n) is 8.77. The Labute approximate surface area is 151 Å². The number of carbonyl (C=O) groups is 1. The Bertz CT molecular complexity index is 744. The minimum atomic E-state index is -0.0779. The van der Waals surface area contributed by atoms with Crippen LogP contribution in [0.1, 0.15) is 10.5 Å². The largest absolute Gasteiger partial charge is 0.378 e. The van der Waals surface area contributed by atoms with Crippen molar-refractivity contribution in [2.24, 2.45) is 0 Å². The molecule has 2 fully saturated rings. The van der Waals surface area contributed by atoms with E-state index in [1.54, 1.807) is 17.3 Å². The summed E-state index contributed by atoms with van der Waals surface area (Å²) in [6, 6.07) is 2.07. The zero-order chi connectivity index (χ0) is 17.8. The second-order valence-electron chi connectivity index (χ2n) is 6.24. The lowest BCUT2D eigenvalue weighted by Crippen LogP contribution is -2.49. The number of morpholine rings is 1. The zero-order valence-electron chi connectivity index (χ0n) is 14.5. The van der Waals surface area contributed by atoms with E-state index in [9.17, 15) is 4.79 Å². The summed E-state index contributed by atoms with van der Waals surface area (Å²) in [6.07, 6.45) is 6.40. The molecule has 1 amide bonds. The first kappa shape index (κ1) is 16.6. The maximum absolute atomic E-state index is 12.5. The minimum Gasteiger partial charge on any atom is -0.378 e. The Morgan fingerprint density at radius 2 is 1.77 bits per heavy atom. The second-order valence-corrected chi connectivity index (χ2v) is 6.24. The monoisotopic (exact) mass is 355 g/mol. The average Bonchev–Trinajstić information content (AvgIpc) is 2.75.